The van der Waals surface area contributed by atoms with E-state index in [2.05, 4.69) is 20.4 Å². The Kier molecular flexibility index (Phi) is 9.16. The van der Waals surface area contributed by atoms with E-state index in [1.54, 1.807) is 0 Å². The van der Waals surface area contributed by atoms with Gasteiger partial charge in [0.2, 0.25) is 5.91 Å². The van der Waals surface area contributed by atoms with E-state index in [0.717, 1.165) is 13.0 Å². The van der Waals surface area contributed by atoms with Crippen LogP contribution in [0.15, 0.2) is 18.3 Å². The number of nitrogens with zero attached hydrogens (tertiary/aromatic N) is 2. The van der Waals surface area contributed by atoms with Crippen LogP contribution in [-0.4, -0.2) is 67.8 Å². The fourth-order valence-corrected chi connectivity index (χ4v) is 2.09. The number of rotatable bonds is 10. The maximum absolute atomic E-state index is 12.1. The molecule has 0 fully saturated rings. The summed E-state index contributed by atoms with van der Waals surface area (Å²) >= 11 is 0. The molecule has 0 aliphatic heterocycles. The summed E-state index contributed by atoms with van der Waals surface area (Å²) < 4.78 is 40.5. The zero-order valence-electron chi connectivity index (χ0n) is 15.6. The molecule has 0 bridgehead atoms. The molecule has 0 radical (unpaired) electrons. The molecular weight excluding hydrogens is 365 g/mol. The molecule has 1 unspecified atom stereocenters. The van der Waals surface area contributed by atoms with E-state index < -0.39 is 18.8 Å². The van der Waals surface area contributed by atoms with Crippen LogP contribution in [0.5, 0.6) is 0 Å². The quantitative estimate of drug-likeness (QED) is 0.587. The van der Waals surface area contributed by atoms with Crippen LogP contribution >= 0.6 is 0 Å². The molecule has 10 heteroatoms. The SMILES string of the molecule is CC(CCN(C)C)NC(=O)CNCc1cc(C(=O)OCC(F)(F)F)ccn1. The second kappa shape index (κ2) is 10.8. The molecule has 0 saturated heterocycles. The molecule has 0 saturated carbocycles. The molecule has 0 spiro atoms. The van der Waals surface area contributed by atoms with Crippen LogP contribution in [-0.2, 0) is 16.1 Å². The van der Waals surface area contributed by atoms with Gasteiger partial charge in [0.25, 0.3) is 0 Å². The number of alkyl halides is 3. The van der Waals surface area contributed by atoms with Crippen molar-refractivity contribution < 1.29 is 27.5 Å². The fraction of sp³-hybridized carbons (Fsp3) is 0.588. The number of esters is 1. The Balaban J connectivity index is 2.40. The number of amides is 1. The second-order valence-electron chi connectivity index (χ2n) is 6.39. The largest absolute Gasteiger partial charge is 0.452 e. The highest BCUT2D eigenvalue weighted by Gasteiger charge is 2.29. The summed E-state index contributed by atoms with van der Waals surface area (Å²) in [5, 5.41) is 5.73. The van der Waals surface area contributed by atoms with E-state index in [1.165, 1.54) is 18.3 Å². The number of carbonyl (C=O) groups excluding carboxylic acids is 2. The molecule has 0 aromatic carbocycles. The monoisotopic (exact) mass is 390 g/mol. The smallest absolute Gasteiger partial charge is 0.422 e. The Morgan fingerprint density at radius 2 is 2.04 bits per heavy atom. The van der Waals surface area contributed by atoms with Crippen LogP contribution in [0.2, 0.25) is 0 Å². The number of nitrogens with one attached hydrogen (secondary N) is 2. The van der Waals surface area contributed by atoms with E-state index in [-0.39, 0.29) is 30.6 Å². The third kappa shape index (κ3) is 10.5. The predicted molar refractivity (Wildman–Crippen MR) is 93.1 cm³/mol. The first kappa shape index (κ1) is 22.8. The molecule has 1 atom stereocenters. The minimum absolute atomic E-state index is 0.0338. The number of hydrogen-bond donors (Lipinski definition) is 2. The van der Waals surface area contributed by atoms with Crippen molar-refractivity contribution in [3.05, 3.63) is 29.6 Å². The Morgan fingerprint density at radius 1 is 1.33 bits per heavy atom. The van der Waals surface area contributed by atoms with Gasteiger partial charge >= 0.3 is 12.1 Å². The molecule has 1 aromatic heterocycles. The summed E-state index contributed by atoms with van der Waals surface area (Å²) in [4.78, 5) is 29.5. The fourth-order valence-electron chi connectivity index (χ4n) is 2.09. The minimum atomic E-state index is -4.58. The summed E-state index contributed by atoms with van der Waals surface area (Å²) in [5.41, 5.74) is 0.373. The van der Waals surface area contributed by atoms with E-state index >= 15 is 0 Å². The second-order valence-corrected chi connectivity index (χ2v) is 6.39. The summed E-state index contributed by atoms with van der Waals surface area (Å²) in [6, 6.07) is 2.62. The first-order valence-corrected chi connectivity index (χ1v) is 8.40. The summed E-state index contributed by atoms with van der Waals surface area (Å²) in [6.07, 6.45) is -2.46. The van der Waals surface area contributed by atoms with Gasteiger partial charge in [0.15, 0.2) is 6.61 Å². The lowest BCUT2D eigenvalue weighted by Gasteiger charge is -2.16. The van der Waals surface area contributed by atoms with Crippen molar-refractivity contribution in [2.24, 2.45) is 0 Å². The maximum Gasteiger partial charge on any atom is 0.422 e. The van der Waals surface area contributed by atoms with Crippen LogP contribution in [0.4, 0.5) is 13.2 Å². The molecule has 1 aromatic rings. The van der Waals surface area contributed by atoms with Gasteiger partial charge in [0.05, 0.1) is 17.8 Å². The van der Waals surface area contributed by atoms with Crippen LogP contribution in [0.1, 0.15) is 29.4 Å². The number of hydrogen-bond acceptors (Lipinski definition) is 6. The van der Waals surface area contributed by atoms with E-state index in [9.17, 15) is 22.8 Å². The highest BCUT2D eigenvalue weighted by Crippen LogP contribution is 2.15. The number of ether oxygens (including phenoxy) is 1. The van der Waals surface area contributed by atoms with Crippen molar-refractivity contribution in [2.45, 2.75) is 32.1 Å². The Morgan fingerprint density at radius 3 is 2.67 bits per heavy atom. The summed E-state index contributed by atoms with van der Waals surface area (Å²) in [5.74, 6) is -1.26. The maximum atomic E-state index is 12.1. The highest BCUT2D eigenvalue weighted by molar-refractivity contribution is 5.89. The van der Waals surface area contributed by atoms with Crippen LogP contribution in [0.25, 0.3) is 0 Å². The average molecular weight is 390 g/mol. The number of aromatic nitrogens is 1. The topological polar surface area (TPSA) is 83.6 Å². The zero-order chi connectivity index (χ0) is 20.4. The summed E-state index contributed by atoms with van der Waals surface area (Å²) in [6.45, 7) is 1.36. The zero-order valence-corrected chi connectivity index (χ0v) is 15.6. The van der Waals surface area contributed by atoms with E-state index in [1.807, 2.05) is 25.9 Å². The molecule has 0 aliphatic carbocycles. The first-order chi connectivity index (χ1) is 12.6. The standard InChI is InChI=1S/C17H25F3N4O3/c1-12(5-7-24(2)3)23-15(25)10-21-9-14-8-13(4-6-22-14)16(26)27-11-17(18,19)20/h4,6,8,12,21H,5,7,9-11H2,1-3H3,(H,23,25). The molecule has 7 nitrogen and oxygen atoms in total. The third-order valence-corrected chi connectivity index (χ3v) is 3.43. The van der Waals surface area contributed by atoms with Crippen LogP contribution in [0.3, 0.4) is 0 Å². The predicted octanol–water partition coefficient (Wildman–Crippen LogP) is 1.35. The Bertz CT molecular complexity index is 624. The van der Waals surface area contributed by atoms with Crippen molar-refractivity contribution in [1.29, 1.82) is 0 Å². The van der Waals surface area contributed by atoms with Crippen molar-refractivity contribution in [1.82, 2.24) is 20.5 Å². The Hall–Kier alpha value is -2.20. The van der Waals surface area contributed by atoms with Crippen molar-refractivity contribution in [2.75, 3.05) is 33.8 Å². The molecule has 2 N–H and O–H groups in total. The lowest BCUT2D eigenvalue weighted by atomic mass is 10.2. The van der Waals surface area contributed by atoms with Crippen molar-refractivity contribution in [3.63, 3.8) is 0 Å². The number of carbonyl (C=O) groups is 2. The lowest BCUT2D eigenvalue weighted by Crippen LogP contribution is -2.40. The molecule has 27 heavy (non-hydrogen) atoms. The van der Waals surface area contributed by atoms with Gasteiger partial charge in [-0.15, -0.1) is 0 Å². The van der Waals surface area contributed by atoms with E-state index in [0.29, 0.717) is 5.69 Å². The highest BCUT2D eigenvalue weighted by atomic mass is 19.4. The van der Waals surface area contributed by atoms with Crippen molar-refractivity contribution >= 4 is 11.9 Å². The van der Waals surface area contributed by atoms with E-state index in [4.69, 9.17) is 0 Å². The molecule has 1 rings (SSSR count). The van der Waals surface area contributed by atoms with Gasteiger partial charge in [-0.1, -0.05) is 0 Å². The van der Waals surface area contributed by atoms with Gasteiger partial charge in [-0.25, -0.2) is 4.79 Å². The van der Waals surface area contributed by atoms with Gasteiger partial charge in [0.1, 0.15) is 0 Å². The van der Waals surface area contributed by atoms with Gasteiger partial charge in [-0.2, -0.15) is 13.2 Å². The molecule has 1 amide bonds. The van der Waals surface area contributed by atoms with Crippen molar-refractivity contribution in [3.8, 4) is 0 Å². The van der Waals surface area contributed by atoms with Crippen LogP contribution < -0.4 is 10.6 Å². The van der Waals surface area contributed by atoms with Gasteiger partial charge in [0, 0.05) is 18.8 Å². The molecule has 0 aliphatic rings. The minimum Gasteiger partial charge on any atom is -0.452 e. The number of halogens is 3. The van der Waals surface area contributed by atoms with Gasteiger partial charge in [-0.3, -0.25) is 9.78 Å². The van der Waals surface area contributed by atoms with Crippen LogP contribution in [0, 0.1) is 0 Å². The third-order valence-electron chi connectivity index (χ3n) is 3.43. The lowest BCUT2D eigenvalue weighted by molar-refractivity contribution is -0.161. The van der Waals surface area contributed by atoms with Gasteiger partial charge < -0.3 is 20.3 Å². The molecular formula is C17H25F3N4O3. The molecule has 152 valence electrons. The average Bonchev–Trinajstić information content (AvgIpc) is 2.57. The normalized spacial score (nSPS) is 12.7. The van der Waals surface area contributed by atoms with Gasteiger partial charge in [-0.05, 0) is 46.1 Å². The summed E-state index contributed by atoms with van der Waals surface area (Å²) in [7, 11) is 3.91. The first-order valence-electron chi connectivity index (χ1n) is 8.40. The number of pyridine rings is 1. The Labute approximate surface area is 156 Å². The molecule has 1 heterocycles.